The van der Waals surface area contributed by atoms with Crippen LogP contribution in [0.25, 0.3) is 0 Å². The van der Waals surface area contributed by atoms with Crippen LogP contribution in [0.4, 0.5) is 0 Å². The molecule has 0 atom stereocenters. The minimum Gasteiger partial charge on any atom is -0.454 e. The Kier molecular flexibility index (Phi) is 3.94. The standard InChI is InChI=1S/C6H11NO/c1-6(2)3-4-8-5-7/h3-7H,1-2H3. The van der Waals surface area contributed by atoms with E-state index < -0.39 is 0 Å². The van der Waals surface area contributed by atoms with Crippen molar-refractivity contribution in [2.75, 3.05) is 0 Å². The summed E-state index contributed by atoms with van der Waals surface area (Å²) in [6.07, 6.45) is 4.29. The SMILES string of the molecule is CC(C)C=COC=N. The molecular weight excluding hydrogens is 102 g/mol. The molecule has 0 heterocycles. The number of ether oxygens (including phenoxy) is 1. The Balaban J connectivity index is 3.19. The summed E-state index contributed by atoms with van der Waals surface area (Å²) in [6.45, 7) is 4.09. The van der Waals surface area contributed by atoms with Gasteiger partial charge in [0, 0.05) is 0 Å². The zero-order chi connectivity index (χ0) is 6.41. The Morgan fingerprint density at radius 3 is 2.50 bits per heavy atom. The molecule has 8 heavy (non-hydrogen) atoms. The van der Waals surface area contributed by atoms with Gasteiger partial charge < -0.3 is 4.74 Å². The van der Waals surface area contributed by atoms with Crippen LogP contribution in [0.5, 0.6) is 0 Å². The van der Waals surface area contributed by atoms with Crippen LogP contribution < -0.4 is 0 Å². The van der Waals surface area contributed by atoms with Crippen LogP contribution >= 0.6 is 0 Å². The Morgan fingerprint density at radius 2 is 2.12 bits per heavy atom. The molecule has 0 spiro atoms. The van der Waals surface area contributed by atoms with E-state index in [-0.39, 0.29) is 0 Å². The molecule has 0 unspecified atom stereocenters. The van der Waals surface area contributed by atoms with Crippen LogP contribution in [0.3, 0.4) is 0 Å². The van der Waals surface area contributed by atoms with Crippen LogP contribution in [0.15, 0.2) is 12.3 Å². The third-order valence-electron chi connectivity index (χ3n) is 0.610. The molecule has 2 heteroatoms. The summed E-state index contributed by atoms with van der Waals surface area (Å²) >= 11 is 0. The molecule has 0 fully saturated rings. The van der Waals surface area contributed by atoms with E-state index in [1.807, 2.05) is 19.9 Å². The molecule has 0 aromatic heterocycles. The van der Waals surface area contributed by atoms with E-state index >= 15 is 0 Å². The van der Waals surface area contributed by atoms with Crippen LogP contribution in [0.2, 0.25) is 0 Å². The van der Waals surface area contributed by atoms with E-state index in [0.29, 0.717) is 5.92 Å². The molecule has 1 N–H and O–H groups in total. The van der Waals surface area contributed by atoms with E-state index in [1.54, 1.807) is 0 Å². The first kappa shape index (κ1) is 7.21. The topological polar surface area (TPSA) is 33.1 Å². The van der Waals surface area contributed by atoms with Crippen molar-refractivity contribution < 1.29 is 4.74 Å². The van der Waals surface area contributed by atoms with Gasteiger partial charge in [0.05, 0.1) is 6.26 Å². The van der Waals surface area contributed by atoms with E-state index in [0.717, 1.165) is 6.40 Å². The predicted octanol–water partition coefficient (Wildman–Crippen LogP) is 1.78. The number of rotatable bonds is 3. The van der Waals surface area contributed by atoms with Crippen molar-refractivity contribution in [3.8, 4) is 0 Å². The smallest absolute Gasteiger partial charge is 0.172 e. The minimum atomic E-state index is 0.495. The van der Waals surface area contributed by atoms with Gasteiger partial charge in [-0.15, -0.1) is 0 Å². The lowest BCUT2D eigenvalue weighted by atomic mass is 10.2. The van der Waals surface area contributed by atoms with Crippen LogP contribution in [-0.2, 0) is 4.74 Å². The molecule has 0 aliphatic rings. The number of hydrogen-bond acceptors (Lipinski definition) is 2. The maximum atomic E-state index is 6.45. The lowest BCUT2D eigenvalue weighted by molar-refractivity contribution is 0.484. The highest BCUT2D eigenvalue weighted by atomic mass is 16.5. The maximum Gasteiger partial charge on any atom is 0.172 e. The van der Waals surface area contributed by atoms with E-state index in [1.165, 1.54) is 6.26 Å². The fourth-order valence-corrected chi connectivity index (χ4v) is 0.242. The molecule has 0 rings (SSSR count). The zero-order valence-electron chi connectivity index (χ0n) is 5.22. The number of hydrogen-bond donors (Lipinski definition) is 1. The van der Waals surface area contributed by atoms with Gasteiger partial charge >= 0.3 is 0 Å². The molecule has 0 aromatic rings. The molecule has 46 valence electrons. The third-order valence-corrected chi connectivity index (χ3v) is 0.610. The first-order valence-corrected chi connectivity index (χ1v) is 2.58. The van der Waals surface area contributed by atoms with Crippen molar-refractivity contribution in [1.29, 1.82) is 5.41 Å². The Hall–Kier alpha value is -0.790. The van der Waals surface area contributed by atoms with E-state index in [4.69, 9.17) is 5.41 Å². The summed E-state index contributed by atoms with van der Waals surface area (Å²) in [6, 6.07) is 0. The molecule has 0 aliphatic heterocycles. The third kappa shape index (κ3) is 5.21. The summed E-state index contributed by atoms with van der Waals surface area (Å²) in [5.74, 6) is 0.495. The van der Waals surface area contributed by atoms with Crippen molar-refractivity contribution in [2.45, 2.75) is 13.8 Å². The second-order valence-corrected chi connectivity index (χ2v) is 1.83. The first-order chi connectivity index (χ1) is 3.77. The first-order valence-electron chi connectivity index (χ1n) is 2.58. The average Bonchev–Trinajstić information content (AvgIpc) is 1.66. The van der Waals surface area contributed by atoms with Gasteiger partial charge in [-0.25, -0.2) is 0 Å². The minimum absolute atomic E-state index is 0.495. The quantitative estimate of drug-likeness (QED) is 0.338. The van der Waals surface area contributed by atoms with Gasteiger partial charge in [-0.3, -0.25) is 5.41 Å². The van der Waals surface area contributed by atoms with Gasteiger partial charge in [0.2, 0.25) is 0 Å². The molecule has 0 saturated heterocycles. The van der Waals surface area contributed by atoms with Gasteiger partial charge in [-0.05, 0) is 12.0 Å². The highest BCUT2D eigenvalue weighted by Gasteiger charge is 1.79. The van der Waals surface area contributed by atoms with Gasteiger partial charge in [0.15, 0.2) is 6.40 Å². The molecular formula is C6H11NO. The van der Waals surface area contributed by atoms with Crippen LogP contribution in [0.1, 0.15) is 13.8 Å². The van der Waals surface area contributed by atoms with E-state index in [9.17, 15) is 0 Å². The van der Waals surface area contributed by atoms with Crippen molar-refractivity contribution in [1.82, 2.24) is 0 Å². The summed E-state index contributed by atoms with van der Waals surface area (Å²) in [5, 5.41) is 6.45. The monoisotopic (exact) mass is 113 g/mol. The van der Waals surface area contributed by atoms with Crippen molar-refractivity contribution in [3.63, 3.8) is 0 Å². The molecule has 0 amide bonds. The number of allylic oxidation sites excluding steroid dienone is 1. The summed E-state index contributed by atoms with van der Waals surface area (Å²) in [5.41, 5.74) is 0. The maximum absolute atomic E-state index is 6.45. The Morgan fingerprint density at radius 1 is 1.50 bits per heavy atom. The predicted molar refractivity (Wildman–Crippen MR) is 33.8 cm³/mol. The van der Waals surface area contributed by atoms with Crippen molar-refractivity contribution in [2.24, 2.45) is 5.92 Å². The summed E-state index contributed by atoms with van der Waals surface area (Å²) in [4.78, 5) is 0. The normalized spacial score (nSPS) is 10.4. The summed E-state index contributed by atoms with van der Waals surface area (Å²) in [7, 11) is 0. The van der Waals surface area contributed by atoms with E-state index in [2.05, 4.69) is 4.74 Å². The molecule has 0 aromatic carbocycles. The van der Waals surface area contributed by atoms with Crippen LogP contribution in [-0.4, -0.2) is 6.40 Å². The summed E-state index contributed by atoms with van der Waals surface area (Å²) < 4.78 is 4.51. The molecule has 0 bridgehead atoms. The molecule has 0 radical (unpaired) electrons. The van der Waals surface area contributed by atoms with Gasteiger partial charge in [-0.1, -0.05) is 13.8 Å². The molecule has 0 saturated carbocycles. The number of nitrogens with one attached hydrogen (secondary N) is 1. The molecule has 2 nitrogen and oxygen atoms in total. The lowest BCUT2D eigenvalue weighted by Gasteiger charge is -1.90. The van der Waals surface area contributed by atoms with Gasteiger partial charge in [0.25, 0.3) is 0 Å². The molecule has 0 aliphatic carbocycles. The fraction of sp³-hybridized carbons (Fsp3) is 0.500. The van der Waals surface area contributed by atoms with Crippen LogP contribution in [0, 0.1) is 11.3 Å². The second-order valence-electron chi connectivity index (χ2n) is 1.83. The average molecular weight is 113 g/mol. The fourth-order valence-electron chi connectivity index (χ4n) is 0.242. The highest BCUT2D eigenvalue weighted by molar-refractivity contribution is 5.42. The highest BCUT2D eigenvalue weighted by Crippen LogP contribution is 1.91. The van der Waals surface area contributed by atoms with Crippen molar-refractivity contribution >= 4 is 6.40 Å². The lowest BCUT2D eigenvalue weighted by Crippen LogP contribution is -1.78. The van der Waals surface area contributed by atoms with Crippen molar-refractivity contribution in [3.05, 3.63) is 12.3 Å². The van der Waals surface area contributed by atoms with Gasteiger partial charge in [0.1, 0.15) is 0 Å². The Bertz CT molecular complexity index is 86.5. The Labute approximate surface area is 49.7 Å². The second kappa shape index (κ2) is 4.37. The van der Waals surface area contributed by atoms with Gasteiger partial charge in [-0.2, -0.15) is 0 Å². The largest absolute Gasteiger partial charge is 0.454 e. The zero-order valence-corrected chi connectivity index (χ0v) is 5.22.